The van der Waals surface area contributed by atoms with Crippen molar-refractivity contribution >= 4 is 20.8 Å². The standard InChI is InChI=1S/C19H15OP/c20-13-16-11-12-17(14-7-3-1-4-8-14)18(19(16)21)15-9-5-2-6-10-15/h1-13H,21H2. The molecule has 3 rings (SSSR count). The molecule has 0 fully saturated rings. The molecule has 0 aliphatic heterocycles. The monoisotopic (exact) mass is 290 g/mol. The van der Waals surface area contributed by atoms with Gasteiger partial charge in [-0.15, -0.1) is 9.24 Å². The summed E-state index contributed by atoms with van der Waals surface area (Å²) in [5, 5.41) is 0.942. The highest BCUT2D eigenvalue weighted by molar-refractivity contribution is 7.28. The van der Waals surface area contributed by atoms with Crippen molar-refractivity contribution in [1.82, 2.24) is 0 Å². The maximum Gasteiger partial charge on any atom is 0.150 e. The van der Waals surface area contributed by atoms with Crippen LogP contribution in [0.5, 0.6) is 0 Å². The lowest BCUT2D eigenvalue weighted by atomic mass is 9.93. The quantitative estimate of drug-likeness (QED) is 0.518. The minimum atomic E-state index is 0.707. The number of carbonyl (C=O) groups excluding carboxylic acids is 1. The number of rotatable bonds is 3. The second-order valence-corrected chi connectivity index (χ2v) is 5.42. The van der Waals surface area contributed by atoms with E-state index in [2.05, 4.69) is 33.5 Å². The van der Waals surface area contributed by atoms with Crippen molar-refractivity contribution in [3.63, 3.8) is 0 Å². The fraction of sp³-hybridized carbons (Fsp3) is 0. The molecule has 0 N–H and O–H groups in total. The maximum absolute atomic E-state index is 11.2. The Kier molecular flexibility index (Phi) is 3.94. The van der Waals surface area contributed by atoms with Crippen LogP contribution in [-0.4, -0.2) is 6.29 Å². The SMILES string of the molecule is O=Cc1ccc(-c2ccccc2)c(-c2ccccc2)c1P. The fourth-order valence-electron chi connectivity index (χ4n) is 2.51. The smallest absolute Gasteiger partial charge is 0.150 e. The molecule has 0 aliphatic carbocycles. The lowest BCUT2D eigenvalue weighted by molar-refractivity contribution is 0.112. The van der Waals surface area contributed by atoms with E-state index in [4.69, 9.17) is 0 Å². The highest BCUT2D eigenvalue weighted by Crippen LogP contribution is 2.32. The van der Waals surface area contributed by atoms with Crippen LogP contribution in [-0.2, 0) is 0 Å². The predicted octanol–water partition coefficient (Wildman–Crippen LogP) is 4.33. The van der Waals surface area contributed by atoms with E-state index in [1.807, 2.05) is 48.5 Å². The van der Waals surface area contributed by atoms with E-state index in [1.54, 1.807) is 0 Å². The minimum Gasteiger partial charge on any atom is -0.298 e. The van der Waals surface area contributed by atoms with Gasteiger partial charge in [0.1, 0.15) is 0 Å². The molecule has 102 valence electrons. The van der Waals surface area contributed by atoms with Gasteiger partial charge in [0.25, 0.3) is 0 Å². The van der Waals surface area contributed by atoms with Crippen molar-refractivity contribution in [3.05, 3.63) is 78.4 Å². The van der Waals surface area contributed by atoms with E-state index < -0.39 is 0 Å². The van der Waals surface area contributed by atoms with Crippen molar-refractivity contribution in [3.8, 4) is 22.3 Å². The van der Waals surface area contributed by atoms with Gasteiger partial charge in [-0.1, -0.05) is 72.8 Å². The fourth-order valence-corrected chi connectivity index (χ4v) is 3.00. The van der Waals surface area contributed by atoms with Gasteiger partial charge in [0.15, 0.2) is 6.29 Å². The van der Waals surface area contributed by atoms with Crippen molar-refractivity contribution in [2.24, 2.45) is 0 Å². The third kappa shape index (κ3) is 2.66. The minimum absolute atomic E-state index is 0.707. The summed E-state index contributed by atoms with van der Waals surface area (Å²) >= 11 is 0. The van der Waals surface area contributed by atoms with Gasteiger partial charge in [-0.25, -0.2) is 0 Å². The van der Waals surface area contributed by atoms with Gasteiger partial charge in [0, 0.05) is 5.56 Å². The van der Waals surface area contributed by atoms with Crippen molar-refractivity contribution < 1.29 is 4.79 Å². The summed E-state index contributed by atoms with van der Waals surface area (Å²) in [5.41, 5.74) is 5.20. The lowest BCUT2D eigenvalue weighted by Crippen LogP contribution is -2.06. The lowest BCUT2D eigenvalue weighted by Gasteiger charge is -2.15. The second kappa shape index (κ2) is 6.03. The number of aldehydes is 1. The first-order valence-corrected chi connectivity index (χ1v) is 7.37. The number of hydrogen-bond acceptors (Lipinski definition) is 1. The zero-order valence-electron chi connectivity index (χ0n) is 11.5. The van der Waals surface area contributed by atoms with E-state index >= 15 is 0 Å². The van der Waals surface area contributed by atoms with Crippen molar-refractivity contribution in [2.45, 2.75) is 0 Å². The summed E-state index contributed by atoms with van der Waals surface area (Å²) in [4.78, 5) is 11.2. The van der Waals surface area contributed by atoms with Gasteiger partial charge in [-0.2, -0.15) is 0 Å². The first-order chi connectivity index (χ1) is 10.3. The van der Waals surface area contributed by atoms with Crippen LogP contribution in [0.3, 0.4) is 0 Å². The van der Waals surface area contributed by atoms with Crippen LogP contribution in [0.15, 0.2) is 72.8 Å². The average molecular weight is 290 g/mol. The maximum atomic E-state index is 11.2. The number of hydrogen-bond donors (Lipinski definition) is 0. The van der Waals surface area contributed by atoms with Gasteiger partial charge in [0.05, 0.1) is 0 Å². The number of benzene rings is 3. The summed E-state index contributed by atoms with van der Waals surface area (Å²) in [6.07, 6.45) is 0.906. The molecular weight excluding hydrogens is 275 g/mol. The van der Waals surface area contributed by atoms with Gasteiger partial charge >= 0.3 is 0 Å². The number of carbonyl (C=O) groups is 1. The molecule has 0 aromatic heterocycles. The molecule has 3 aromatic carbocycles. The molecule has 0 spiro atoms. The molecule has 21 heavy (non-hydrogen) atoms. The van der Waals surface area contributed by atoms with Gasteiger partial charge in [-0.05, 0) is 27.6 Å². The molecule has 1 atom stereocenters. The Bertz CT molecular complexity index is 764. The van der Waals surface area contributed by atoms with Gasteiger partial charge in [-0.3, -0.25) is 4.79 Å². The summed E-state index contributed by atoms with van der Waals surface area (Å²) in [7, 11) is 2.72. The Hall–Kier alpha value is -2.24. The van der Waals surface area contributed by atoms with Crippen LogP contribution in [0.4, 0.5) is 0 Å². The molecule has 0 amide bonds. The summed E-state index contributed by atoms with van der Waals surface area (Å²) in [5.74, 6) is 0. The third-order valence-corrected chi connectivity index (χ3v) is 4.18. The highest BCUT2D eigenvalue weighted by Gasteiger charge is 2.13. The van der Waals surface area contributed by atoms with Crippen LogP contribution in [0, 0.1) is 0 Å². The molecular formula is C19H15OP. The summed E-state index contributed by atoms with van der Waals surface area (Å²) in [6.45, 7) is 0. The Labute approximate surface area is 126 Å². The Morgan fingerprint density at radius 2 is 1.29 bits per heavy atom. The topological polar surface area (TPSA) is 17.1 Å². The molecule has 0 radical (unpaired) electrons. The molecule has 3 aromatic rings. The molecule has 0 saturated heterocycles. The van der Waals surface area contributed by atoms with E-state index in [0.717, 1.165) is 33.8 Å². The Morgan fingerprint density at radius 1 is 0.714 bits per heavy atom. The molecule has 0 bridgehead atoms. The Balaban J connectivity index is 2.31. The first kappa shape index (κ1) is 13.7. The van der Waals surface area contributed by atoms with E-state index in [1.165, 1.54) is 0 Å². The highest BCUT2D eigenvalue weighted by atomic mass is 31.0. The van der Waals surface area contributed by atoms with E-state index in [-0.39, 0.29) is 0 Å². The normalized spacial score (nSPS) is 10.3. The molecule has 0 heterocycles. The van der Waals surface area contributed by atoms with Crippen LogP contribution < -0.4 is 5.30 Å². The van der Waals surface area contributed by atoms with E-state index in [0.29, 0.717) is 5.56 Å². The van der Waals surface area contributed by atoms with Crippen LogP contribution in [0.1, 0.15) is 10.4 Å². The summed E-state index contributed by atoms with van der Waals surface area (Å²) in [6, 6.07) is 24.3. The molecule has 1 nitrogen and oxygen atoms in total. The van der Waals surface area contributed by atoms with Crippen molar-refractivity contribution in [2.75, 3.05) is 0 Å². The third-order valence-electron chi connectivity index (χ3n) is 3.55. The van der Waals surface area contributed by atoms with Crippen LogP contribution in [0.2, 0.25) is 0 Å². The van der Waals surface area contributed by atoms with Gasteiger partial charge < -0.3 is 0 Å². The molecule has 1 unspecified atom stereocenters. The first-order valence-electron chi connectivity index (χ1n) is 6.80. The van der Waals surface area contributed by atoms with Crippen molar-refractivity contribution in [1.29, 1.82) is 0 Å². The largest absolute Gasteiger partial charge is 0.298 e. The summed E-state index contributed by atoms with van der Waals surface area (Å²) < 4.78 is 0. The molecule has 0 aliphatic rings. The Morgan fingerprint density at radius 3 is 1.86 bits per heavy atom. The molecule has 2 heteroatoms. The predicted molar refractivity (Wildman–Crippen MR) is 92.0 cm³/mol. The zero-order valence-corrected chi connectivity index (χ0v) is 12.6. The van der Waals surface area contributed by atoms with Gasteiger partial charge in [0.2, 0.25) is 0 Å². The van der Waals surface area contributed by atoms with E-state index in [9.17, 15) is 4.79 Å². The van der Waals surface area contributed by atoms with Crippen LogP contribution in [0.25, 0.3) is 22.3 Å². The molecule has 0 saturated carbocycles. The average Bonchev–Trinajstić information content (AvgIpc) is 2.56. The van der Waals surface area contributed by atoms with Crippen LogP contribution >= 0.6 is 9.24 Å². The second-order valence-electron chi connectivity index (χ2n) is 4.84. The zero-order chi connectivity index (χ0) is 14.7.